The number of hydrogen-bond donors (Lipinski definition) is 1. The van der Waals surface area contributed by atoms with Gasteiger partial charge in [0.1, 0.15) is 5.76 Å². The number of esters is 1. The summed E-state index contributed by atoms with van der Waals surface area (Å²) in [5.74, 6) is -0.866. The Bertz CT molecular complexity index is 1070. The lowest BCUT2D eigenvalue weighted by Gasteiger charge is -2.13. The molecular weight excluding hydrogens is 382 g/mol. The molecular formula is C24H23NO5. The first kappa shape index (κ1) is 21.0. The summed E-state index contributed by atoms with van der Waals surface area (Å²) in [6, 6.07) is 15.1. The Morgan fingerprint density at radius 2 is 1.70 bits per heavy atom. The van der Waals surface area contributed by atoms with Crippen molar-refractivity contribution in [1.82, 2.24) is 5.32 Å². The smallest absolute Gasteiger partial charge is 0.339 e. The molecule has 0 radical (unpaired) electrons. The van der Waals surface area contributed by atoms with E-state index in [0.29, 0.717) is 11.3 Å². The number of nitrogens with one attached hydrogen (secondary N) is 1. The minimum atomic E-state index is -0.731. The van der Waals surface area contributed by atoms with Crippen LogP contribution < -0.4 is 5.32 Å². The number of furan rings is 1. The van der Waals surface area contributed by atoms with Gasteiger partial charge in [-0.25, -0.2) is 4.79 Å². The van der Waals surface area contributed by atoms with Gasteiger partial charge < -0.3 is 14.5 Å². The van der Waals surface area contributed by atoms with E-state index < -0.39 is 18.5 Å². The van der Waals surface area contributed by atoms with Crippen molar-refractivity contribution in [2.24, 2.45) is 0 Å². The molecule has 0 aliphatic heterocycles. The summed E-state index contributed by atoms with van der Waals surface area (Å²) in [5, 5.41) is 2.69. The molecule has 0 aliphatic rings. The minimum Gasteiger partial charge on any atom is -0.467 e. The molecule has 1 heterocycles. The fraction of sp³-hybridized carbons (Fsp3) is 0.208. The Morgan fingerprint density at radius 3 is 2.40 bits per heavy atom. The maximum absolute atomic E-state index is 13.1. The van der Waals surface area contributed by atoms with Crippen molar-refractivity contribution in [3.63, 3.8) is 0 Å². The molecule has 1 aromatic heterocycles. The van der Waals surface area contributed by atoms with Gasteiger partial charge in [-0.1, -0.05) is 35.9 Å². The molecule has 0 saturated heterocycles. The Morgan fingerprint density at radius 1 is 0.967 bits per heavy atom. The van der Waals surface area contributed by atoms with Crippen molar-refractivity contribution in [3.05, 3.63) is 94.4 Å². The summed E-state index contributed by atoms with van der Waals surface area (Å²) in [6.45, 7) is 5.05. The van der Waals surface area contributed by atoms with E-state index in [9.17, 15) is 14.4 Å². The Labute approximate surface area is 174 Å². The van der Waals surface area contributed by atoms with Crippen molar-refractivity contribution in [2.45, 2.75) is 26.8 Å². The molecule has 0 fully saturated rings. The molecule has 154 valence electrons. The third kappa shape index (κ3) is 4.84. The number of carbonyl (C=O) groups excluding carboxylic acids is 3. The summed E-state index contributed by atoms with van der Waals surface area (Å²) in [4.78, 5) is 37.8. The number of ether oxygens (including phenoxy) is 1. The van der Waals surface area contributed by atoms with Crippen LogP contribution in [0.3, 0.4) is 0 Å². The molecule has 3 aromatic rings. The second-order valence-electron chi connectivity index (χ2n) is 7.07. The quantitative estimate of drug-likeness (QED) is 0.471. The molecule has 0 spiro atoms. The predicted molar refractivity (Wildman–Crippen MR) is 111 cm³/mol. The van der Waals surface area contributed by atoms with E-state index in [-0.39, 0.29) is 23.0 Å². The largest absolute Gasteiger partial charge is 0.467 e. The highest BCUT2D eigenvalue weighted by Gasteiger charge is 2.21. The van der Waals surface area contributed by atoms with Crippen LogP contribution in [0, 0.1) is 13.8 Å². The zero-order valence-corrected chi connectivity index (χ0v) is 17.1. The molecule has 1 amide bonds. The van der Waals surface area contributed by atoms with Crippen LogP contribution in [0.15, 0.2) is 65.3 Å². The van der Waals surface area contributed by atoms with Gasteiger partial charge in [-0.2, -0.15) is 0 Å². The third-order valence-corrected chi connectivity index (χ3v) is 4.71. The number of carbonyl (C=O) groups is 3. The Hall–Kier alpha value is -3.67. The molecule has 30 heavy (non-hydrogen) atoms. The van der Waals surface area contributed by atoms with Crippen LogP contribution in [0.25, 0.3) is 0 Å². The van der Waals surface area contributed by atoms with Crippen LogP contribution in [-0.4, -0.2) is 24.3 Å². The lowest BCUT2D eigenvalue weighted by Crippen LogP contribution is -2.31. The van der Waals surface area contributed by atoms with Crippen molar-refractivity contribution in [3.8, 4) is 0 Å². The van der Waals surface area contributed by atoms with E-state index in [1.807, 2.05) is 26.0 Å². The normalized spacial score (nSPS) is 11.6. The van der Waals surface area contributed by atoms with E-state index in [1.165, 1.54) is 12.3 Å². The summed E-state index contributed by atoms with van der Waals surface area (Å²) < 4.78 is 10.4. The summed E-state index contributed by atoms with van der Waals surface area (Å²) in [7, 11) is 0. The zero-order chi connectivity index (χ0) is 21.7. The number of hydrogen-bond acceptors (Lipinski definition) is 5. The topological polar surface area (TPSA) is 85.6 Å². The first-order valence-corrected chi connectivity index (χ1v) is 9.57. The van der Waals surface area contributed by atoms with Gasteiger partial charge >= 0.3 is 5.97 Å². The predicted octanol–water partition coefficient (Wildman–Crippen LogP) is 4.16. The standard InChI is InChI=1S/C24H23NO5/c1-15-10-11-16(2)20(13-15)23(27)18-7-4-5-8-19(18)24(28)30-14-22(26)25-17(3)21-9-6-12-29-21/h4-13,17H,14H2,1-3H3,(H,25,26)/t17-/m1/s1. The average molecular weight is 405 g/mol. The van der Waals surface area contributed by atoms with E-state index in [4.69, 9.17) is 9.15 Å². The molecule has 0 bridgehead atoms. The van der Waals surface area contributed by atoms with Gasteiger partial charge in [-0.3, -0.25) is 9.59 Å². The highest BCUT2D eigenvalue weighted by atomic mass is 16.5. The third-order valence-electron chi connectivity index (χ3n) is 4.71. The van der Waals surface area contributed by atoms with E-state index in [2.05, 4.69) is 5.32 Å². The van der Waals surface area contributed by atoms with E-state index in [1.54, 1.807) is 43.3 Å². The second kappa shape index (κ2) is 9.22. The number of benzene rings is 2. The first-order valence-electron chi connectivity index (χ1n) is 9.57. The molecule has 0 saturated carbocycles. The first-order chi connectivity index (χ1) is 14.4. The summed E-state index contributed by atoms with van der Waals surface area (Å²) >= 11 is 0. The summed E-state index contributed by atoms with van der Waals surface area (Å²) in [6.07, 6.45) is 1.52. The number of amides is 1. The SMILES string of the molecule is Cc1ccc(C)c(C(=O)c2ccccc2C(=O)OCC(=O)N[C@H](C)c2ccco2)c1. The number of ketones is 1. The van der Waals surface area contributed by atoms with Gasteiger partial charge in [-0.15, -0.1) is 0 Å². The van der Waals surface area contributed by atoms with Crippen molar-refractivity contribution >= 4 is 17.7 Å². The van der Waals surface area contributed by atoms with Crippen molar-refractivity contribution < 1.29 is 23.5 Å². The lowest BCUT2D eigenvalue weighted by atomic mass is 9.94. The highest BCUT2D eigenvalue weighted by Crippen LogP contribution is 2.19. The lowest BCUT2D eigenvalue weighted by molar-refractivity contribution is -0.125. The van der Waals surface area contributed by atoms with Gasteiger partial charge in [0, 0.05) is 11.1 Å². The van der Waals surface area contributed by atoms with Crippen LogP contribution in [0.1, 0.15) is 56.1 Å². The molecule has 0 unspecified atom stereocenters. The maximum atomic E-state index is 13.1. The maximum Gasteiger partial charge on any atom is 0.339 e. The second-order valence-corrected chi connectivity index (χ2v) is 7.07. The van der Waals surface area contributed by atoms with Gasteiger partial charge in [0.25, 0.3) is 5.91 Å². The van der Waals surface area contributed by atoms with Crippen LogP contribution >= 0.6 is 0 Å². The van der Waals surface area contributed by atoms with E-state index in [0.717, 1.165) is 11.1 Å². The molecule has 2 aromatic carbocycles. The van der Waals surface area contributed by atoms with Gasteiger partial charge in [0.15, 0.2) is 12.4 Å². The minimum absolute atomic E-state index is 0.121. The van der Waals surface area contributed by atoms with Crippen LogP contribution in [-0.2, 0) is 9.53 Å². The monoisotopic (exact) mass is 405 g/mol. The zero-order valence-electron chi connectivity index (χ0n) is 17.1. The van der Waals surface area contributed by atoms with Gasteiger partial charge in [0.2, 0.25) is 0 Å². The van der Waals surface area contributed by atoms with Crippen molar-refractivity contribution in [1.29, 1.82) is 0 Å². The molecule has 1 atom stereocenters. The van der Waals surface area contributed by atoms with Crippen LogP contribution in [0.2, 0.25) is 0 Å². The average Bonchev–Trinajstić information content (AvgIpc) is 3.28. The molecule has 1 N–H and O–H groups in total. The fourth-order valence-corrected chi connectivity index (χ4v) is 3.09. The van der Waals surface area contributed by atoms with Crippen LogP contribution in [0.4, 0.5) is 0 Å². The van der Waals surface area contributed by atoms with Gasteiger partial charge in [0.05, 0.1) is 17.9 Å². The number of aryl methyl sites for hydroxylation is 2. The molecule has 6 nitrogen and oxygen atoms in total. The molecule has 6 heteroatoms. The Balaban J connectivity index is 1.70. The van der Waals surface area contributed by atoms with Gasteiger partial charge in [-0.05, 0) is 50.6 Å². The van der Waals surface area contributed by atoms with Crippen LogP contribution in [0.5, 0.6) is 0 Å². The Kier molecular flexibility index (Phi) is 6.47. The fourth-order valence-electron chi connectivity index (χ4n) is 3.09. The highest BCUT2D eigenvalue weighted by molar-refractivity contribution is 6.15. The summed E-state index contributed by atoms with van der Waals surface area (Å²) in [5.41, 5.74) is 2.66. The molecule has 3 rings (SSSR count). The van der Waals surface area contributed by atoms with E-state index >= 15 is 0 Å². The molecule has 0 aliphatic carbocycles. The number of rotatable bonds is 7. The van der Waals surface area contributed by atoms with Crippen molar-refractivity contribution in [2.75, 3.05) is 6.61 Å².